The minimum Gasteiger partial charge on any atom is -0.480 e. The molecule has 6 heteroatoms. The quantitative estimate of drug-likeness (QED) is 0.647. The lowest BCUT2D eigenvalue weighted by molar-refractivity contribution is -0.144. The van der Waals surface area contributed by atoms with Crippen molar-refractivity contribution in [3.63, 3.8) is 0 Å². The van der Waals surface area contributed by atoms with Gasteiger partial charge in [-0.2, -0.15) is 0 Å². The van der Waals surface area contributed by atoms with Gasteiger partial charge in [0.1, 0.15) is 6.04 Å². The molecule has 0 saturated heterocycles. The molecule has 0 aromatic carbocycles. The molecule has 0 aliphatic rings. The highest BCUT2D eigenvalue weighted by Gasteiger charge is 2.23. The van der Waals surface area contributed by atoms with Crippen LogP contribution in [0.15, 0.2) is 0 Å². The van der Waals surface area contributed by atoms with Crippen LogP contribution in [0.3, 0.4) is 0 Å². The molecular formula is C11H24ClNO4. The molecule has 1 unspecified atom stereocenters. The van der Waals surface area contributed by atoms with Gasteiger partial charge in [0.15, 0.2) is 0 Å². The minimum absolute atomic E-state index is 0. The molecule has 0 fully saturated rings. The molecule has 0 aliphatic carbocycles. The number of halogens is 1. The molecule has 0 amide bonds. The van der Waals surface area contributed by atoms with Gasteiger partial charge in [-0.1, -0.05) is 13.3 Å². The first-order chi connectivity index (χ1) is 7.67. The largest absolute Gasteiger partial charge is 0.480 e. The maximum absolute atomic E-state index is 11.1. The third-order valence-corrected chi connectivity index (χ3v) is 2.45. The molecule has 0 heterocycles. The van der Waals surface area contributed by atoms with Crippen molar-refractivity contribution in [3.05, 3.63) is 0 Å². The standard InChI is InChI=1S/C11H23NO4.ClH/c1-4-5-10(11(13)14)12(6-8-15-2)7-9-16-3;/h10H,4-9H2,1-3H3,(H,13,14);1H. The van der Waals surface area contributed by atoms with E-state index in [1.807, 2.05) is 11.8 Å². The average molecular weight is 270 g/mol. The van der Waals surface area contributed by atoms with Crippen LogP contribution in [0.25, 0.3) is 0 Å². The Bertz CT molecular complexity index is 184. The summed E-state index contributed by atoms with van der Waals surface area (Å²) in [6, 6.07) is -0.435. The maximum atomic E-state index is 11.1. The number of nitrogens with zero attached hydrogens (tertiary/aromatic N) is 1. The zero-order valence-electron chi connectivity index (χ0n) is 10.8. The molecule has 17 heavy (non-hydrogen) atoms. The van der Waals surface area contributed by atoms with E-state index < -0.39 is 12.0 Å². The van der Waals surface area contributed by atoms with Crippen LogP contribution in [-0.4, -0.2) is 62.5 Å². The third kappa shape index (κ3) is 8.37. The minimum atomic E-state index is -0.769. The van der Waals surface area contributed by atoms with E-state index in [0.29, 0.717) is 32.7 Å². The molecule has 0 spiro atoms. The molecule has 0 saturated carbocycles. The highest BCUT2D eigenvalue weighted by molar-refractivity contribution is 5.85. The van der Waals surface area contributed by atoms with Gasteiger partial charge in [-0.05, 0) is 6.42 Å². The van der Waals surface area contributed by atoms with Crippen molar-refractivity contribution < 1.29 is 19.4 Å². The normalized spacial score (nSPS) is 12.2. The van der Waals surface area contributed by atoms with Crippen LogP contribution in [0, 0.1) is 0 Å². The molecule has 0 aromatic rings. The van der Waals surface area contributed by atoms with Crippen LogP contribution in [-0.2, 0) is 14.3 Å². The summed E-state index contributed by atoms with van der Waals surface area (Å²) in [4.78, 5) is 13.0. The second kappa shape index (κ2) is 12.1. The van der Waals surface area contributed by atoms with Gasteiger partial charge in [0.2, 0.25) is 0 Å². The van der Waals surface area contributed by atoms with Crippen LogP contribution in [0.5, 0.6) is 0 Å². The van der Waals surface area contributed by atoms with Gasteiger partial charge in [0.25, 0.3) is 0 Å². The van der Waals surface area contributed by atoms with Gasteiger partial charge in [-0.15, -0.1) is 12.4 Å². The van der Waals surface area contributed by atoms with E-state index in [1.165, 1.54) is 0 Å². The first-order valence-electron chi connectivity index (χ1n) is 5.62. The van der Waals surface area contributed by atoms with E-state index in [2.05, 4.69) is 0 Å². The van der Waals surface area contributed by atoms with E-state index >= 15 is 0 Å². The first kappa shape index (κ1) is 19.0. The smallest absolute Gasteiger partial charge is 0.320 e. The number of hydrogen-bond acceptors (Lipinski definition) is 4. The Hall–Kier alpha value is -0.360. The fourth-order valence-electron chi connectivity index (χ4n) is 1.58. The number of rotatable bonds is 10. The SMILES string of the molecule is CCCC(C(=O)O)N(CCOC)CCOC.Cl. The number of carboxylic acids is 1. The molecule has 104 valence electrons. The van der Waals surface area contributed by atoms with Crippen LogP contribution in [0.1, 0.15) is 19.8 Å². The Morgan fingerprint density at radius 2 is 1.71 bits per heavy atom. The van der Waals surface area contributed by atoms with Gasteiger partial charge in [-0.3, -0.25) is 9.69 Å². The van der Waals surface area contributed by atoms with Gasteiger partial charge in [-0.25, -0.2) is 0 Å². The number of methoxy groups -OCH3 is 2. The van der Waals surface area contributed by atoms with Crippen molar-refractivity contribution in [3.8, 4) is 0 Å². The molecule has 1 N–H and O–H groups in total. The van der Waals surface area contributed by atoms with E-state index in [0.717, 1.165) is 6.42 Å². The monoisotopic (exact) mass is 269 g/mol. The van der Waals surface area contributed by atoms with Crippen LogP contribution >= 0.6 is 12.4 Å². The second-order valence-corrected chi connectivity index (χ2v) is 3.66. The van der Waals surface area contributed by atoms with Gasteiger partial charge in [0, 0.05) is 27.3 Å². The van der Waals surface area contributed by atoms with Crippen molar-refractivity contribution in [2.75, 3.05) is 40.5 Å². The summed E-state index contributed by atoms with van der Waals surface area (Å²) in [5.74, 6) is -0.769. The zero-order valence-corrected chi connectivity index (χ0v) is 11.7. The molecule has 5 nitrogen and oxygen atoms in total. The van der Waals surface area contributed by atoms with E-state index in [4.69, 9.17) is 14.6 Å². The number of carbonyl (C=O) groups is 1. The molecule has 0 rings (SSSR count). The lowest BCUT2D eigenvalue weighted by Gasteiger charge is -2.28. The predicted molar refractivity (Wildman–Crippen MR) is 68.9 cm³/mol. The molecule has 0 aromatic heterocycles. The Balaban J connectivity index is 0. The van der Waals surface area contributed by atoms with Crippen LogP contribution in [0.4, 0.5) is 0 Å². The molecule has 0 aliphatic heterocycles. The van der Waals surface area contributed by atoms with Crippen molar-refractivity contribution >= 4 is 18.4 Å². The number of hydrogen-bond donors (Lipinski definition) is 1. The number of carboxylic acid groups (broad SMARTS) is 1. The second-order valence-electron chi connectivity index (χ2n) is 3.66. The highest BCUT2D eigenvalue weighted by Crippen LogP contribution is 2.07. The van der Waals surface area contributed by atoms with Gasteiger partial charge in [0.05, 0.1) is 13.2 Å². The summed E-state index contributed by atoms with van der Waals surface area (Å²) >= 11 is 0. The van der Waals surface area contributed by atoms with Crippen molar-refractivity contribution in [2.45, 2.75) is 25.8 Å². The lowest BCUT2D eigenvalue weighted by Crippen LogP contribution is -2.44. The summed E-state index contributed by atoms with van der Waals surface area (Å²) in [6.07, 6.45) is 1.51. The topological polar surface area (TPSA) is 59.0 Å². The fraction of sp³-hybridized carbons (Fsp3) is 0.909. The van der Waals surface area contributed by atoms with Crippen molar-refractivity contribution in [1.82, 2.24) is 4.90 Å². The van der Waals surface area contributed by atoms with Crippen molar-refractivity contribution in [1.29, 1.82) is 0 Å². The van der Waals surface area contributed by atoms with Gasteiger partial charge >= 0.3 is 5.97 Å². The van der Waals surface area contributed by atoms with Crippen LogP contribution < -0.4 is 0 Å². The molecule has 1 atom stereocenters. The van der Waals surface area contributed by atoms with Gasteiger partial charge < -0.3 is 14.6 Å². The molecular weight excluding hydrogens is 246 g/mol. The predicted octanol–water partition coefficient (Wildman–Crippen LogP) is 1.26. The Labute approximate surface area is 109 Å². The Morgan fingerprint density at radius 1 is 1.24 bits per heavy atom. The summed E-state index contributed by atoms with van der Waals surface area (Å²) in [6.45, 7) is 4.31. The fourth-order valence-corrected chi connectivity index (χ4v) is 1.58. The summed E-state index contributed by atoms with van der Waals surface area (Å²) in [7, 11) is 3.23. The third-order valence-electron chi connectivity index (χ3n) is 2.45. The zero-order chi connectivity index (χ0) is 12.4. The number of ether oxygens (including phenoxy) is 2. The highest BCUT2D eigenvalue weighted by atomic mass is 35.5. The van der Waals surface area contributed by atoms with E-state index in [9.17, 15) is 4.79 Å². The van der Waals surface area contributed by atoms with E-state index in [-0.39, 0.29) is 12.4 Å². The Morgan fingerprint density at radius 3 is 2.00 bits per heavy atom. The summed E-state index contributed by atoms with van der Waals surface area (Å²) in [5.41, 5.74) is 0. The maximum Gasteiger partial charge on any atom is 0.320 e. The first-order valence-corrected chi connectivity index (χ1v) is 5.62. The lowest BCUT2D eigenvalue weighted by atomic mass is 10.1. The average Bonchev–Trinajstić information content (AvgIpc) is 2.26. The van der Waals surface area contributed by atoms with Crippen molar-refractivity contribution in [2.24, 2.45) is 0 Å². The molecule has 0 bridgehead atoms. The molecule has 0 radical (unpaired) electrons. The Kier molecular flexibility index (Phi) is 13.5. The van der Waals surface area contributed by atoms with E-state index in [1.54, 1.807) is 14.2 Å². The summed E-state index contributed by atoms with van der Waals surface area (Å²) < 4.78 is 9.97. The number of aliphatic carboxylic acids is 1. The summed E-state index contributed by atoms with van der Waals surface area (Å²) in [5, 5.41) is 9.15. The van der Waals surface area contributed by atoms with Crippen LogP contribution in [0.2, 0.25) is 0 Å².